The Morgan fingerprint density at radius 2 is 1.78 bits per heavy atom. The maximum Gasteiger partial charge on any atom is 0.416 e. The van der Waals surface area contributed by atoms with Crippen molar-refractivity contribution in [2.24, 2.45) is 0 Å². The molecule has 4 aromatic rings. The minimum Gasteiger partial charge on any atom is -0.345 e. The molecule has 0 atom stereocenters. The van der Waals surface area contributed by atoms with Crippen LogP contribution in [0.1, 0.15) is 32.9 Å². The second-order valence-electron chi connectivity index (χ2n) is 7.98. The van der Waals surface area contributed by atoms with Gasteiger partial charge in [-0.1, -0.05) is 42.1 Å². The number of nitro benzene ring substituents is 1. The fourth-order valence-corrected chi connectivity index (χ4v) is 4.55. The largest absolute Gasteiger partial charge is 0.416 e. The predicted molar refractivity (Wildman–Crippen MR) is 131 cm³/mol. The molecule has 0 aliphatic carbocycles. The van der Waals surface area contributed by atoms with Crippen molar-refractivity contribution in [2.45, 2.75) is 30.6 Å². The topological polar surface area (TPSA) is 103 Å². The number of carbonyl (C=O) groups is 1. The van der Waals surface area contributed by atoms with E-state index < -0.39 is 22.6 Å². The summed E-state index contributed by atoms with van der Waals surface area (Å²) in [6, 6.07) is 17.7. The zero-order valence-corrected chi connectivity index (χ0v) is 20.2. The smallest absolute Gasteiger partial charge is 0.345 e. The van der Waals surface area contributed by atoms with E-state index in [0.717, 1.165) is 29.3 Å². The van der Waals surface area contributed by atoms with Gasteiger partial charge in [-0.15, -0.1) is 10.2 Å². The normalized spacial score (nSPS) is 11.4. The lowest BCUT2D eigenvalue weighted by atomic mass is 10.1. The molecular formula is C25H20F3N5O3S. The summed E-state index contributed by atoms with van der Waals surface area (Å²) in [6.07, 6.45) is -4.57. The molecule has 1 amide bonds. The molecule has 1 aromatic heterocycles. The zero-order chi connectivity index (χ0) is 26.6. The van der Waals surface area contributed by atoms with Gasteiger partial charge in [0, 0.05) is 29.1 Å². The number of nitrogens with one attached hydrogen (secondary N) is 1. The highest BCUT2D eigenvalue weighted by atomic mass is 32.2. The average molecular weight is 528 g/mol. The molecule has 12 heteroatoms. The van der Waals surface area contributed by atoms with Crippen molar-refractivity contribution >= 4 is 23.4 Å². The molecule has 8 nitrogen and oxygen atoms in total. The van der Waals surface area contributed by atoms with Gasteiger partial charge in [-0.2, -0.15) is 13.2 Å². The third-order valence-electron chi connectivity index (χ3n) is 5.50. The quantitative estimate of drug-likeness (QED) is 0.179. The van der Waals surface area contributed by atoms with Gasteiger partial charge in [-0.05, 0) is 48.4 Å². The second-order valence-corrected chi connectivity index (χ2v) is 8.93. The number of alkyl halides is 3. The Hall–Kier alpha value is -4.19. The number of hydrogen-bond donors (Lipinski definition) is 1. The molecule has 4 rings (SSSR count). The number of aromatic nitrogens is 3. The highest BCUT2D eigenvalue weighted by Crippen LogP contribution is 2.30. The predicted octanol–water partition coefficient (Wildman–Crippen LogP) is 5.73. The SMILES string of the molecule is Cc1ccccc1CSc1nnc(CNC(=O)c2cccc(C(F)(F)F)c2)n1-c1ccc([N+](=O)[O-])cc1. The summed E-state index contributed by atoms with van der Waals surface area (Å²) in [5, 5.41) is 22.5. The Labute approximate surface area is 213 Å². The third kappa shape index (κ3) is 6.15. The van der Waals surface area contributed by atoms with Crippen LogP contribution < -0.4 is 5.32 Å². The van der Waals surface area contributed by atoms with Crippen LogP contribution in [0.4, 0.5) is 18.9 Å². The van der Waals surface area contributed by atoms with Gasteiger partial charge in [0.05, 0.1) is 17.0 Å². The number of benzene rings is 3. The van der Waals surface area contributed by atoms with E-state index >= 15 is 0 Å². The molecule has 0 spiro atoms. The van der Waals surface area contributed by atoms with Crippen LogP contribution in [0.25, 0.3) is 5.69 Å². The van der Waals surface area contributed by atoms with Crippen LogP contribution in [0, 0.1) is 17.0 Å². The molecule has 1 N–H and O–H groups in total. The van der Waals surface area contributed by atoms with Crippen LogP contribution >= 0.6 is 11.8 Å². The van der Waals surface area contributed by atoms with Crippen molar-refractivity contribution < 1.29 is 22.9 Å². The molecule has 0 saturated heterocycles. The van der Waals surface area contributed by atoms with E-state index in [2.05, 4.69) is 15.5 Å². The Morgan fingerprint density at radius 1 is 1.05 bits per heavy atom. The first-order chi connectivity index (χ1) is 17.6. The van der Waals surface area contributed by atoms with Crippen molar-refractivity contribution in [3.63, 3.8) is 0 Å². The van der Waals surface area contributed by atoms with E-state index in [9.17, 15) is 28.1 Å². The molecule has 37 heavy (non-hydrogen) atoms. The Kier molecular flexibility index (Phi) is 7.58. The van der Waals surface area contributed by atoms with Crippen LogP contribution in [0.2, 0.25) is 0 Å². The molecule has 0 bridgehead atoms. The summed E-state index contributed by atoms with van der Waals surface area (Å²) in [4.78, 5) is 23.2. The molecule has 3 aromatic carbocycles. The van der Waals surface area contributed by atoms with Crippen LogP contribution in [0.3, 0.4) is 0 Å². The number of nitrogens with zero attached hydrogens (tertiary/aromatic N) is 4. The minimum atomic E-state index is -4.57. The lowest BCUT2D eigenvalue weighted by molar-refractivity contribution is -0.384. The van der Waals surface area contributed by atoms with Crippen LogP contribution in [0.15, 0.2) is 78.0 Å². The summed E-state index contributed by atoms with van der Waals surface area (Å²) in [5.74, 6) is 0.175. The van der Waals surface area contributed by atoms with E-state index in [0.29, 0.717) is 22.4 Å². The van der Waals surface area contributed by atoms with Crippen molar-refractivity contribution in [3.8, 4) is 5.69 Å². The number of amides is 1. The fraction of sp³-hybridized carbons (Fsp3) is 0.160. The van der Waals surface area contributed by atoms with Gasteiger partial charge in [-0.25, -0.2) is 0 Å². The summed E-state index contributed by atoms with van der Waals surface area (Å²) in [5.41, 5.74) is 1.56. The standard InChI is InChI=1S/C25H20F3N5O3S/c1-16-5-2-3-6-18(16)15-37-24-31-30-22(32(24)20-9-11-21(12-10-20)33(35)36)14-29-23(34)17-7-4-8-19(13-17)25(26,27)28/h2-13H,14-15H2,1H3,(H,29,34). The van der Waals surface area contributed by atoms with E-state index in [-0.39, 0.29) is 17.8 Å². The van der Waals surface area contributed by atoms with E-state index in [1.807, 2.05) is 31.2 Å². The van der Waals surface area contributed by atoms with E-state index in [1.54, 1.807) is 4.57 Å². The molecule has 0 radical (unpaired) electrons. The Balaban J connectivity index is 1.59. The van der Waals surface area contributed by atoms with Crippen LogP contribution in [0.5, 0.6) is 0 Å². The average Bonchev–Trinajstić information content (AvgIpc) is 3.29. The maximum absolute atomic E-state index is 13.0. The fourth-order valence-electron chi connectivity index (χ4n) is 3.50. The first-order valence-electron chi connectivity index (χ1n) is 11.0. The summed E-state index contributed by atoms with van der Waals surface area (Å²) in [7, 11) is 0. The highest BCUT2D eigenvalue weighted by Gasteiger charge is 2.31. The number of thioether (sulfide) groups is 1. The minimum absolute atomic E-state index is 0.0923. The molecule has 0 fully saturated rings. The summed E-state index contributed by atoms with van der Waals surface area (Å²) >= 11 is 1.39. The zero-order valence-electron chi connectivity index (χ0n) is 19.4. The monoisotopic (exact) mass is 527 g/mol. The lowest BCUT2D eigenvalue weighted by Gasteiger charge is -2.12. The number of nitro groups is 1. The number of halogens is 3. The highest BCUT2D eigenvalue weighted by molar-refractivity contribution is 7.98. The number of aryl methyl sites for hydroxylation is 1. The second kappa shape index (κ2) is 10.8. The Bertz CT molecular complexity index is 1440. The van der Waals surface area contributed by atoms with Gasteiger partial charge < -0.3 is 5.32 Å². The van der Waals surface area contributed by atoms with Crippen LogP contribution in [-0.4, -0.2) is 25.6 Å². The molecule has 0 aliphatic heterocycles. The maximum atomic E-state index is 13.0. The van der Waals surface area contributed by atoms with Crippen molar-refractivity contribution in [1.82, 2.24) is 20.1 Å². The van der Waals surface area contributed by atoms with Crippen molar-refractivity contribution in [3.05, 3.63) is 111 Å². The Morgan fingerprint density at radius 3 is 2.46 bits per heavy atom. The lowest BCUT2D eigenvalue weighted by Crippen LogP contribution is -2.25. The van der Waals surface area contributed by atoms with Gasteiger partial charge >= 0.3 is 6.18 Å². The first-order valence-corrected chi connectivity index (χ1v) is 11.9. The first kappa shape index (κ1) is 25.9. The van der Waals surface area contributed by atoms with Crippen molar-refractivity contribution in [1.29, 1.82) is 0 Å². The summed E-state index contributed by atoms with van der Waals surface area (Å²) < 4.78 is 40.7. The van der Waals surface area contributed by atoms with E-state index in [4.69, 9.17) is 0 Å². The van der Waals surface area contributed by atoms with Crippen LogP contribution in [-0.2, 0) is 18.5 Å². The molecule has 0 aliphatic rings. The van der Waals surface area contributed by atoms with E-state index in [1.165, 1.54) is 42.1 Å². The third-order valence-corrected chi connectivity index (χ3v) is 6.47. The number of carbonyl (C=O) groups excluding carboxylic acids is 1. The van der Waals surface area contributed by atoms with Gasteiger partial charge in [0.2, 0.25) is 0 Å². The van der Waals surface area contributed by atoms with Gasteiger partial charge in [0.15, 0.2) is 11.0 Å². The van der Waals surface area contributed by atoms with Gasteiger partial charge in [-0.3, -0.25) is 19.5 Å². The molecule has 0 saturated carbocycles. The molecular weight excluding hydrogens is 507 g/mol. The van der Waals surface area contributed by atoms with Crippen molar-refractivity contribution in [2.75, 3.05) is 0 Å². The van der Waals surface area contributed by atoms with Gasteiger partial charge in [0.1, 0.15) is 0 Å². The van der Waals surface area contributed by atoms with Gasteiger partial charge in [0.25, 0.3) is 11.6 Å². The molecule has 0 unspecified atom stereocenters. The summed E-state index contributed by atoms with van der Waals surface area (Å²) in [6.45, 7) is 1.86. The number of non-ortho nitro benzene ring substituents is 1. The molecule has 190 valence electrons. The number of hydrogen-bond acceptors (Lipinski definition) is 6. The molecule has 1 heterocycles. The number of rotatable bonds is 8.